The van der Waals surface area contributed by atoms with Gasteiger partial charge in [-0.05, 0) is 50.1 Å². The van der Waals surface area contributed by atoms with E-state index in [4.69, 9.17) is 16.3 Å². The second-order valence-electron chi connectivity index (χ2n) is 4.94. The van der Waals surface area contributed by atoms with Crippen LogP contribution in [0.1, 0.15) is 27.0 Å². The summed E-state index contributed by atoms with van der Waals surface area (Å²) in [7, 11) is 0. The Hall–Kier alpha value is -1.80. The van der Waals surface area contributed by atoms with Gasteiger partial charge in [-0.3, -0.25) is 4.79 Å². The average Bonchev–Trinajstić information content (AvgIpc) is 2.40. The van der Waals surface area contributed by atoms with E-state index < -0.39 is 0 Å². The highest BCUT2D eigenvalue weighted by molar-refractivity contribution is 6.31. The van der Waals surface area contributed by atoms with Crippen molar-refractivity contribution in [1.82, 2.24) is 0 Å². The van der Waals surface area contributed by atoms with Gasteiger partial charge in [-0.15, -0.1) is 0 Å². The fourth-order valence-corrected chi connectivity index (χ4v) is 2.18. The summed E-state index contributed by atoms with van der Waals surface area (Å²) in [5, 5.41) is 0.693. The summed E-state index contributed by atoms with van der Waals surface area (Å²) in [6.07, 6.45) is 0. The van der Waals surface area contributed by atoms with Crippen molar-refractivity contribution < 1.29 is 9.53 Å². The Bertz CT molecular complexity index is 647. The van der Waals surface area contributed by atoms with E-state index in [2.05, 4.69) is 0 Å². The van der Waals surface area contributed by atoms with Gasteiger partial charge in [0.05, 0.1) is 0 Å². The molecule has 0 spiro atoms. The fraction of sp³-hybridized carbons (Fsp3) is 0.235. The molecule has 2 aromatic rings. The second kappa shape index (κ2) is 6.10. The summed E-state index contributed by atoms with van der Waals surface area (Å²) in [6, 6.07) is 11.2. The predicted octanol–water partition coefficient (Wildman–Crippen LogP) is 4.53. The Morgan fingerprint density at radius 2 is 1.80 bits per heavy atom. The van der Waals surface area contributed by atoms with Gasteiger partial charge in [-0.1, -0.05) is 35.4 Å². The van der Waals surface area contributed by atoms with Crippen LogP contribution in [0, 0.1) is 20.8 Å². The van der Waals surface area contributed by atoms with Crippen molar-refractivity contribution in [3.8, 4) is 5.75 Å². The van der Waals surface area contributed by atoms with Gasteiger partial charge >= 0.3 is 0 Å². The molecule has 0 unspecified atom stereocenters. The van der Waals surface area contributed by atoms with Gasteiger partial charge in [0.25, 0.3) is 0 Å². The number of rotatable bonds is 4. The number of ketones is 1. The first kappa shape index (κ1) is 14.6. The highest BCUT2D eigenvalue weighted by Gasteiger charge is 2.10. The first-order valence-corrected chi connectivity index (χ1v) is 6.84. The largest absolute Gasteiger partial charge is 0.485 e. The standard InChI is InChI=1S/C17H17ClO2/c1-11-4-6-15(12(2)8-11)17(19)10-20-14-5-7-16(18)13(3)9-14/h4-9H,10H2,1-3H3. The molecule has 20 heavy (non-hydrogen) atoms. The quantitative estimate of drug-likeness (QED) is 0.773. The van der Waals surface area contributed by atoms with Crippen molar-refractivity contribution in [1.29, 1.82) is 0 Å². The Morgan fingerprint density at radius 3 is 2.45 bits per heavy atom. The lowest BCUT2D eigenvalue weighted by Crippen LogP contribution is -2.13. The maximum Gasteiger partial charge on any atom is 0.200 e. The zero-order valence-corrected chi connectivity index (χ0v) is 12.6. The van der Waals surface area contributed by atoms with E-state index in [0.717, 1.165) is 16.7 Å². The first-order valence-electron chi connectivity index (χ1n) is 6.47. The molecular weight excluding hydrogens is 272 g/mol. The molecule has 0 radical (unpaired) electrons. The topological polar surface area (TPSA) is 26.3 Å². The second-order valence-corrected chi connectivity index (χ2v) is 5.35. The molecular formula is C17H17ClO2. The molecule has 0 bridgehead atoms. The molecule has 0 aromatic heterocycles. The molecule has 0 fully saturated rings. The van der Waals surface area contributed by atoms with Gasteiger partial charge in [0.1, 0.15) is 5.75 Å². The third kappa shape index (κ3) is 3.40. The van der Waals surface area contributed by atoms with Crippen LogP contribution < -0.4 is 4.74 Å². The van der Waals surface area contributed by atoms with Gasteiger partial charge < -0.3 is 4.74 Å². The molecule has 2 rings (SSSR count). The minimum Gasteiger partial charge on any atom is -0.485 e. The predicted molar refractivity (Wildman–Crippen MR) is 81.9 cm³/mol. The van der Waals surface area contributed by atoms with Gasteiger partial charge in [0.2, 0.25) is 0 Å². The van der Waals surface area contributed by atoms with Gasteiger partial charge in [0, 0.05) is 10.6 Å². The van der Waals surface area contributed by atoms with Crippen molar-refractivity contribution in [3.05, 3.63) is 63.7 Å². The molecule has 0 aliphatic heterocycles. The molecule has 0 heterocycles. The number of Topliss-reactive ketones (excluding diaryl/α,β-unsaturated/α-hetero) is 1. The molecule has 0 amide bonds. The van der Waals surface area contributed by atoms with Crippen LogP contribution in [-0.2, 0) is 0 Å². The van der Waals surface area contributed by atoms with Crippen LogP contribution in [0.15, 0.2) is 36.4 Å². The number of ether oxygens (including phenoxy) is 1. The Kier molecular flexibility index (Phi) is 4.46. The monoisotopic (exact) mass is 288 g/mol. The van der Waals surface area contributed by atoms with Crippen LogP contribution in [0.25, 0.3) is 0 Å². The van der Waals surface area contributed by atoms with Crippen molar-refractivity contribution in [2.24, 2.45) is 0 Å². The van der Waals surface area contributed by atoms with Crippen LogP contribution in [0.2, 0.25) is 5.02 Å². The lowest BCUT2D eigenvalue weighted by Gasteiger charge is -2.09. The molecule has 104 valence electrons. The number of hydrogen-bond donors (Lipinski definition) is 0. The lowest BCUT2D eigenvalue weighted by atomic mass is 10.0. The molecule has 0 aliphatic rings. The fourth-order valence-electron chi connectivity index (χ4n) is 2.06. The average molecular weight is 289 g/mol. The summed E-state index contributed by atoms with van der Waals surface area (Å²) in [6.45, 7) is 5.88. The molecule has 0 aliphatic carbocycles. The molecule has 0 atom stereocenters. The Balaban J connectivity index is 2.06. The van der Waals surface area contributed by atoms with Gasteiger partial charge in [-0.25, -0.2) is 0 Å². The van der Waals surface area contributed by atoms with Crippen LogP contribution in [-0.4, -0.2) is 12.4 Å². The van der Waals surface area contributed by atoms with Crippen LogP contribution >= 0.6 is 11.6 Å². The minimum atomic E-state index is -0.0184. The lowest BCUT2D eigenvalue weighted by molar-refractivity contribution is 0.0921. The Morgan fingerprint density at radius 1 is 1.05 bits per heavy atom. The third-order valence-electron chi connectivity index (χ3n) is 3.18. The highest BCUT2D eigenvalue weighted by Crippen LogP contribution is 2.21. The summed E-state index contributed by atoms with van der Waals surface area (Å²) in [5.41, 5.74) is 3.77. The molecule has 3 heteroatoms. The van der Waals surface area contributed by atoms with E-state index in [1.54, 1.807) is 12.1 Å². The van der Waals surface area contributed by atoms with E-state index in [1.165, 1.54) is 0 Å². The first-order chi connectivity index (χ1) is 9.47. The SMILES string of the molecule is Cc1ccc(C(=O)COc2ccc(Cl)c(C)c2)c(C)c1. The summed E-state index contributed by atoms with van der Waals surface area (Å²) < 4.78 is 5.54. The van der Waals surface area contributed by atoms with E-state index in [-0.39, 0.29) is 12.4 Å². The van der Waals surface area contributed by atoms with Crippen LogP contribution in [0.5, 0.6) is 5.75 Å². The van der Waals surface area contributed by atoms with Crippen LogP contribution in [0.3, 0.4) is 0 Å². The normalized spacial score (nSPS) is 10.4. The molecule has 0 saturated heterocycles. The van der Waals surface area contributed by atoms with Crippen LogP contribution in [0.4, 0.5) is 0 Å². The maximum absolute atomic E-state index is 12.2. The van der Waals surface area contributed by atoms with Gasteiger partial charge in [-0.2, -0.15) is 0 Å². The van der Waals surface area contributed by atoms with E-state index >= 15 is 0 Å². The third-order valence-corrected chi connectivity index (χ3v) is 3.61. The Labute approximate surface area is 124 Å². The summed E-state index contributed by atoms with van der Waals surface area (Å²) in [5.74, 6) is 0.639. The number of hydrogen-bond acceptors (Lipinski definition) is 2. The molecule has 0 N–H and O–H groups in total. The number of carbonyl (C=O) groups is 1. The highest BCUT2D eigenvalue weighted by atomic mass is 35.5. The smallest absolute Gasteiger partial charge is 0.200 e. The number of carbonyl (C=O) groups excluding carboxylic acids is 1. The van der Waals surface area contributed by atoms with E-state index in [0.29, 0.717) is 16.3 Å². The number of benzene rings is 2. The minimum absolute atomic E-state index is 0.0184. The maximum atomic E-state index is 12.2. The molecule has 2 nitrogen and oxygen atoms in total. The van der Waals surface area contributed by atoms with Gasteiger partial charge in [0.15, 0.2) is 12.4 Å². The van der Waals surface area contributed by atoms with Crippen molar-refractivity contribution in [2.75, 3.05) is 6.61 Å². The van der Waals surface area contributed by atoms with E-state index in [1.807, 2.05) is 45.0 Å². The zero-order valence-electron chi connectivity index (χ0n) is 11.9. The van der Waals surface area contributed by atoms with Crippen molar-refractivity contribution in [2.45, 2.75) is 20.8 Å². The molecule has 2 aromatic carbocycles. The van der Waals surface area contributed by atoms with Crippen molar-refractivity contribution >= 4 is 17.4 Å². The molecule has 0 saturated carbocycles. The summed E-state index contributed by atoms with van der Waals surface area (Å²) in [4.78, 5) is 12.2. The number of halogens is 1. The van der Waals surface area contributed by atoms with Crippen molar-refractivity contribution in [3.63, 3.8) is 0 Å². The zero-order chi connectivity index (χ0) is 14.7. The van der Waals surface area contributed by atoms with E-state index in [9.17, 15) is 4.79 Å². The summed E-state index contributed by atoms with van der Waals surface area (Å²) >= 11 is 5.95. The number of aryl methyl sites for hydroxylation is 3.